The van der Waals surface area contributed by atoms with Crippen LogP contribution >= 0.6 is 11.8 Å². The summed E-state index contributed by atoms with van der Waals surface area (Å²) in [4.78, 5) is 11.8. The number of nitrogens with zero attached hydrogens (tertiary/aromatic N) is 2. The van der Waals surface area contributed by atoms with E-state index in [9.17, 15) is 10.1 Å². The number of nitro groups is 1. The summed E-state index contributed by atoms with van der Waals surface area (Å²) < 4.78 is 0. The van der Waals surface area contributed by atoms with Gasteiger partial charge in [-0.1, -0.05) is 23.0 Å². The van der Waals surface area contributed by atoms with E-state index in [1.807, 2.05) is 19.1 Å². The Morgan fingerprint density at radius 3 is 2.52 bits per heavy atom. The molecule has 0 atom stereocenters. The largest absolute Gasteiger partial charge is 0.409 e. The molecule has 0 aromatic heterocycles. The van der Waals surface area contributed by atoms with Gasteiger partial charge < -0.3 is 10.9 Å². The molecular weight excluding hydrogens is 290 g/mol. The molecule has 0 unspecified atom stereocenters. The van der Waals surface area contributed by atoms with Crippen molar-refractivity contribution in [2.24, 2.45) is 10.9 Å². The quantitative estimate of drug-likeness (QED) is 0.297. The summed E-state index contributed by atoms with van der Waals surface area (Å²) in [7, 11) is 0. The molecule has 0 amide bonds. The highest BCUT2D eigenvalue weighted by Gasteiger charge is 2.10. The predicted molar refractivity (Wildman–Crippen MR) is 80.9 cm³/mol. The van der Waals surface area contributed by atoms with Gasteiger partial charge in [0.15, 0.2) is 5.84 Å². The maximum Gasteiger partial charge on any atom is 0.269 e. The van der Waals surface area contributed by atoms with Crippen molar-refractivity contribution >= 4 is 23.3 Å². The minimum absolute atomic E-state index is 0.0272. The summed E-state index contributed by atoms with van der Waals surface area (Å²) in [5, 5.41) is 22.5. The summed E-state index contributed by atoms with van der Waals surface area (Å²) in [5.74, 6) is 0.0272. The smallest absolute Gasteiger partial charge is 0.269 e. The molecule has 0 heterocycles. The molecule has 0 fully saturated rings. The van der Waals surface area contributed by atoms with E-state index in [-0.39, 0.29) is 11.5 Å². The second kappa shape index (κ2) is 6.27. The van der Waals surface area contributed by atoms with Crippen LogP contribution in [0.15, 0.2) is 57.4 Å². The van der Waals surface area contributed by atoms with Crippen molar-refractivity contribution in [2.45, 2.75) is 16.7 Å². The molecule has 6 nitrogen and oxygen atoms in total. The average Bonchev–Trinajstić information content (AvgIpc) is 2.47. The zero-order valence-corrected chi connectivity index (χ0v) is 12.0. The van der Waals surface area contributed by atoms with E-state index in [4.69, 9.17) is 10.9 Å². The number of hydrogen-bond acceptors (Lipinski definition) is 5. The van der Waals surface area contributed by atoms with E-state index in [1.54, 1.807) is 18.2 Å². The van der Waals surface area contributed by atoms with E-state index in [1.165, 1.54) is 23.9 Å². The molecule has 21 heavy (non-hydrogen) atoms. The van der Waals surface area contributed by atoms with Crippen LogP contribution < -0.4 is 5.73 Å². The fourth-order valence-corrected chi connectivity index (χ4v) is 2.80. The number of rotatable bonds is 4. The van der Waals surface area contributed by atoms with Crippen molar-refractivity contribution in [3.8, 4) is 0 Å². The molecule has 3 N–H and O–H groups in total. The molecule has 0 aliphatic heterocycles. The van der Waals surface area contributed by atoms with E-state index >= 15 is 0 Å². The lowest BCUT2D eigenvalue weighted by atomic mass is 10.1. The molecule has 108 valence electrons. The molecule has 0 radical (unpaired) electrons. The van der Waals surface area contributed by atoms with Gasteiger partial charge in [0.1, 0.15) is 0 Å². The number of nitrogens with two attached hydrogens (primary N) is 1. The fourth-order valence-electron chi connectivity index (χ4n) is 1.74. The lowest BCUT2D eigenvalue weighted by molar-refractivity contribution is -0.384. The Hall–Kier alpha value is -2.54. The molecular formula is C14H13N3O3S. The molecule has 7 heteroatoms. The molecule has 0 bridgehead atoms. The Labute approximate surface area is 125 Å². The molecule has 2 aromatic rings. The summed E-state index contributed by atoms with van der Waals surface area (Å²) in [5.41, 5.74) is 7.36. The van der Waals surface area contributed by atoms with Gasteiger partial charge in [0.05, 0.1) is 4.92 Å². The number of non-ortho nitro benzene ring substituents is 1. The van der Waals surface area contributed by atoms with E-state index in [2.05, 4.69) is 5.16 Å². The lowest BCUT2D eigenvalue weighted by Gasteiger charge is -2.09. The van der Waals surface area contributed by atoms with Crippen LogP contribution in [0.2, 0.25) is 0 Å². The Morgan fingerprint density at radius 2 is 1.95 bits per heavy atom. The van der Waals surface area contributed by atoms with Crippen LogP contribution in [-0.4, -0.2) is 16.0 Å². The van der Waals surface area contributed by atoms with Crippen molar-refractivity contribution in [1.29, 1.82) is 0 Å². The summed E-state index contributed by atoms with van der Waals surface area (Å²) >= 11 is 1.40. The molecule has 0 saturated carbocycles. The molecule has 2 aromatic carbocycles. The van der Waals surface area contributed by atoms with Gasteiger partial charge in [-0.3, -0.25) is 10.1 Å². The predicted octanol–water partition coefficient (Wildman–Crippen LogP) is 3.15. The van der Waals surface area contributed by atoms with Crippen molar-refractivity contribution in [3.63, 3.8) is 0 Å². The van der Waals surface area contributed by atoms with Crippen LogP contribution in [0.4, 0.5) is 5.69 Å². The number of aryl methyl sites for hydroxylation is 1. The highest BCUT2D eigenvalue weighted by molar-refractivity contribution is 7.99. The Kier molecular flexibility index (Phi) is 4.44. The highest BCUT2D eigenvalue weighted by atomic mass is 32.2. The first kappa shape index (κ1) is 14.9. The Morgan fingerprint density at radius 1 is 1.29 bits per heavy atom. The van der Waals surface area contributed by atoms with Gasteiger partial charge in [0, 0.05) is 27.5 Å². The molecule has 0 aliphatic carbocycles. The third kappa shape index (κ3) is 3.51. The van der Waals surface area contributed by atoms with Crippen LogP contribution in [0.5, 0.6) is 0 Å². The van der Waals surface area contributed by atoms with E-state index < -0.39 is 4.92 Å². The molecule has 0 aliphatic rings. The van der Waals surface area contributed by atoms with Crippen molar-refractivity contribution < 1.29 is 10.1 Å². The number of oxime groups is 1. The summed E-state index contributed by atoms with van der Waals surface area (Å²) in [6.07, 6.45) is 0. The third-order valence-corrected chi connectivity index (χ3v) is 3.86. The standard InChI is InChI=1S/C14H13N3O3S/c1-9-2-7-12(14(15)16-18)13(8-9)21-11-5-3-10(4-6-11)17(19)20/h2-8,18H,1H3,(H2,15,16). The van der Waals surface area contributed by atoms with Gasteiger partial charge in [-0.05, 0) is 36.8 Å². The number of benzene rings is 2. The first-order valence-corrected chi connectivity index (χ1v) is 6.84. The minimum atomic E-state index is -0.442. The third-order valence-electron chi connectivity index (χ3n) is 2.80. The van der Waals surface area contributed by atoms with Crippen LogP contribution in [0.3, 0.4) is 0 Å². The van der Waals surface area contributed by atoms with E-state index in [0.29, 0.717) is 5.56 Å². The molecule has 0 spiro atoms. The Bertz CT molecular complexity index is 699. The zero-order chi connectivity index (χ0) is 15.4. The van der Waals surface area contributed by atoms with Crippen molar-refractivity contribution in [1.82, 2.24) is 0 Å². The second-order valence-corrected chi connectivity index (χ2v) is 5.45. The van der Waals surface area contributed by atoms with Crippen LogP contribution in [0.25, 0.3) is 0 Å². The normalized spacial score (nSPS) is 11.4. The number of amidine groups is 1. The molecule has 0 saturated heterocycles. The van der Waals surface area contributed by atoms with Crippen LogP contribution in [0.1, 0.15) is 11.1 Å². The number of hydrogen-bond donors (Lipinski definition) is 2. The van der Waals surface area contributed by atoms with Crippen LogP contribution in [0, 0.1) is 17.0 Å². The van der Waals surface area contributed by atoms with Crippen molar-refractivity contribution in [2.75, 3.05) is 0 Å². The topological polar surface area (TPSA) is 102 Å². The Balaban J connectivity index is 2.34. The summed E-state index contributed by atoms with van der Waals surface area (Å²) in [6.45, 7) is 1.94. The van der Waals surface area contributed by atoms with Crippen molar-refractivity contribution in [3.05, 3.63) is 63.7 Å². The second-order valence-electron chi connectivity index (χ2n) is 4.34. The summed E-state index contributed by atoms with van der Waals surface area (Å²) in [6, 6.07) is 11.8. The first-order chi connectivity index (χ1) is 10.0. The highest BCUT2D eigenvalue weighted by Crippen LogP contribution is 2.32. The van der Waals surface area contributed by atoms with Gasteiger partial charge in [0.2, 0.25) is 0 Å². The van der Waals surface area contributed by atoms with Gasteiger partial charge in [-0.15, -0.1) is 0 Å². The number of nitro benzene ring substituents is 1. The van der Waals surface area contributed by atoms with Crippen LogP contribution in [-0.2, 0) is 0 Å². The average molecular weight is 303 g/mol. The fraction of sp³-hybridized carbons (Fsp3) is 0.0714. The first-order valence-electron chi connectivity index (χ1n) is 6.02. The maximum atomic E-state index is 10.6. The lowest BCUT2D eigenvalue weighted by Crippen LogP contribution is -2.14. The zero-order valence-electron chi connectivity index (χ0n) is 11.2. The van der Waals surface area contributed by atoms with Gasteiger partial charge in [-0.2, -0.15) is 0 Å². The van der Waals surface area contributed by atoms with E-state index in [0.717, 1.165) is 15.4 Å². The SMILES string of the molecule is Cc1ccc(C(N)=NO)c(Sc2ccc([N+](=O)[O-])cc2)c1. The maximum absolute atomic E-state index is 10.6. The van der Waals surface area contributed by atoms with Gasteiger partial charge in [-0.25, -0.2) is 0 Å². The van der Waals surface area contributed by atoms with Gasteiger partial charge >= 0.3 is 0 Å². The van der Waals surface area contributed by atoms with Gasteiger partial charge in [0.25, 0.3) is 5.69 Å². The monoisotopic (exact) mass is 303 g/mol. The minimum Gasteiger partial charge on any atom is -0.409 e. The molecule has 2 rings (SSSR count).